The molecule has 0 saturated heterocycles. The number of nitrogens with one attached hydrogen (secondary N) is 1. The lowest BCUT2D eigenvalue weighted by Gasteiger charge is -2.35. The van der Waals surface area contributed by atoms with Gasteiger partial charge in [-0.05, 0) is 30.8 Å². The molecular formula is C15H22N2O3S. The molecule has 0 amide bonds. The van der Waals surface area contributed by atoms with Gasteiger partial charge in [0.2, 0.25) is 0 Å². The standard InChI is InChI=1S/C15H22N2O3S/c1-4-7-16-15(21)17-8-10-12(19-2)5-6-13(20-3)14(10)11(18)9-17/h5-6,11,18H,4,7-9H2,1-3H3,(H,16,21)/t11-/m1/s1. The quantitative estimate of drug-likeness (QED) is 0.828. The molecule has 1 heterocycles. The molecule has 0 saturated carbocycles. The van der Waals surface area contributed by atoms with Crippen molar-refractivity contribution in [1.29, 1.82) is 0 Å². The number of thiocarbonyl (C=S) groups is 1. The zero-order chi connectivity index (χ0) is 15.4. The number of fused-ring (bicyclic) bond motifs is 1. The molecule has 0 spiro atoms. The van der Waals surface area contributed by atoms with Crippen molar-refractivity contribution in [3.05, 3.63) is 23.3 Å². The minimum atomic E-state index is -0.653. The van der Waals surface area contributed by atoms with Gasteiger partial charge in [0.1, 0.15) is 17.6 Å². The number of nitrogens with zero attached hydrogens (tertiary/aromatic N) is 1. The summed E-state index contributed by atoms with van der Waals surface area (Å²) >= 11 is 5.39. The summed E-state index contributed by atoms with van der Waals surface area (Å²) in [4.78, 5) is 1.96. The SMILES string of the molecule is CCCNC(=S)N1Cc2c(OC)ccc(OC)c2[C@H](O)C1. The van der Waals surface area contributed by atoms with E-state index in [2.05, 4.69) is 12.2 Å². The van der Waals surface area contributed by atoms with Crippen LogP contribution in [0.25, 0.3) is 0 Å². The second kappa shape index (κ2) is 6.95. The number of aliphatic hydroxyl groups is 1. The van der Waals surface area contributed by atoms with E-state index >= 15 is 0 Å². The van der Waals surface area contributed by atoms with Crippen LogP contribution in [0.2, 0.25) is 0 Å². The molecule has 21 heavy (non-hydrogen) atoms. The Morgan fingerprint density at radius 2 is 2.05 bits per heavy atom. The Morgan fingerprint density at radius 1 is 1.38 bits per heavy atom. The first-order chi connectivity index (χ1) is 10.1. The molecule has 1 aromatic carbocycles. The lowest BCUT2D eigenvalue weighted by atomic mass is 9.95. The maximum absolute atomic E-state index is 10.5. The summed E-state index contributed by atoms with van der Waals surface area (Å²) in [6.45, 7) is 3.96. The number of methoxy groups -OCH3 is 2. The fourth-order valence-corrected chi connectivity index (χ4v) is 2.82. The van der Waals surface area contributed by atoms with Gasteiger partial charge in [0.05, 0.1) is 20.8 Å². The van der Waals surface area contributed by atoms with Crippen molar-refractivity contribution < 1.29 is 14.6 Å². The molecule has 0 bridgehead atoms. The van der Waals surface area contributed by atoms with Crippen molar-refractivity contribution in [2.24, 2.45) is 0 Å². The fraction of sp³-hybridized carbons (Fsp3) is 0.533. The molecule has 0 fully saturated rings. The number of hydrogen-bond donors (Lipinski definition) is 2. The Kier molecular flexibility index (Phi) is 5.25. The van der Waals surface area contributed by atoms with E-state index in [0.29, 0.717) is 24.0 Å². The molecular weight excluding hydrogens is 288 g/mol. The lowest BCUT2D eigenvalue weighted by molar-refractivity contribution is 0.122. The van der Waals surface area contributed by atoms with Crippen LogP contribution in [0.4, 0.5) is 0 Å². The molecule has 6 heteroatoms. The average Bonchev–Trinajstić information content (AvgIpc) is 2.51. The van der Waals surface area contributed by atoms with Crippen LogP contribution in [0, 0.1) is 0 Å². The predicted octanol–water partition coefficient (Wildman–Crippen LogP) is 1.84. The highest BCUT2D eigenvalue weighted by Crippen LogP contribution is 2.39. The van der Waals surface area contributed by atoms with Crippen molar-refractivity contribution in [3.63, 3.8) is 0 Å². The minimum Gasteiger partial charge on any atom is -0.496 e. The van der Waals surface area contributed by atoms with Crippen molar-refractivity contribution in [3.8, 4) is 11.5 Å². The van der Waals surface area contributed by atoms with Crippen LogP contribution in [0.5, 0.6) is 11.5 Å². The monoisotopic (exact) mass is 310 g/mol. The molecule has 0 aliphatic carbocycles. The number of hydrogen-bond acceptors (Lipinski definition) is 4. The summed E-state index contributed by atoms with van der Waals surface area (Å²) in [7, 11) is 3.23. The second-order valence-electron chi connectivity index (χ2n) is 4.99. The molecule has 5 nitrogen and oxygen atoms in total. The largest absolute Gasteiger partial charge is 0.496 e. The minimum absolute atomic E-state index is 0.450. The third kappa shape index (κ3) is 3.22. The summed E-state index contributed by atoms with van der Waals surface area (Å²) in [6.07, 6.45) is 0.352. The molecule has 1 atom stereocenters. The molecule has 2 rings (SSSR count). The number of ether oxygens (including phenoxy) is 2. The van der Waals surface area contributed by atoms with Gasteiger partial charge in [-0.1, -0.05) is 6.92 Å². The van der Waals surface area contributed by atoms with Crippen LogP contribution in [-0.4, -0.2) is 42.4 Å². The molecule has 0 radical (unpaired) electrons. The number of β-amino-alcohol motifs (C(OH)–C–C–N with tert-alkyl or cyclic N) is 1. The topological polar surface area (TPSA) is 54.0 Å². The fourth-order valence-electron chi connectivity index (χ4n) is 2.57. The van der Waals surface area contributed by atoms with Gasteiger partial charge < -0.3 is 24.8 Å². The van der Waals surface area contributed by atoms with Crippen LogP contribution >= 0.6 is 12.2 Å². The van der Waals surface area contributed by atoms with Crippen LogP contribution in [0.3, 0.4) is 0 Å². The van der Waals surface area contributed by atoms with Gasteiger partial charge in [-0.15, -0.1) is 0 Å². The molecule has 0 aromatic heterocycles. The predicted molar refractivity (Wildman–Crippen MR) is 85.8 cm³/mol. The van der Waals surface area contributed by atoms with Crippen LogP contribution in [0.1, 0.15) is 30.6 Å². The molecule has 1 aromatic rings. The van der Waals surface area contributed by atoms with E-state index in [4.69, 9.17) is 21.7 Å². The van der Waals surface area contributed by atoms with Gasteiger partial charge in [-0.2, -0.15) is 0 Å². The van der Waals surface area contributed by atoms with Crippen molar-refractivity contribution in [2.75, 3.05) is 27.3 Å². The van der Waals surface area contributed by atoms with Gasteiger partial charge in [-0.25, -0.2) is 0 Å². The Hall–Kier alpha value is -1.53. The maximum atomic E-state index is 10.5. The Bertz CT molecular complexity index is 522. The third-order valence-corrected chi connectivity index (χ3v) is 4.01. The number of benzene rings is 1. The first-order valence-corrected chi connectivity index (χ1v) is 7.47. The molecule has 0 unspecified atom stereocenters. The third-order valence-electron chi connectivity index (χ3n) is 3.60. The van der Waals surface area contributed by atoms with Crippen LogP contribution < -0.4 is 14.8 Å². The Balaban J connectivity index is 2.31. The number of aliphatic hydroxyl groups excluding tert-OH is 1. The normalized spacial score (nSPS) is 17.1. The first-order valence-electron chi connectivity index (χ1n) is 7.06. The first kappa shape index (κ1) is 15.9. The summed E-state index contributed by atoms with van der Waals surface area (Å²) in [5.41, 5.74) is 1.72. The highest BCUT2D eigenvalue weighted by molar-refractivity contribution is 7.80. The molecule has 116 valence electrons. The Labute approximate surface area is 130 Å². The van der Waals surface area contributed by atoms with E-state index in [1.807, 2.05) is 17.0 Å². The molecule has 1 aliphatic heterocycles. The van der Waals surface area contributed by atoms with Crippen molar-refractivity contribution in [1.82, 2.24) is 10.2 Å². The summed E-state index contributed by atoms with van der Waals surface area (Å²) in [6, 6.07) is 3.68. The van der Waals surface area contributed by atoms with Gasteiger partial charge in [-0.3, -0.25) is 0 Å². The van der Waals surface area contributed by atoms with E-state index in [1.165, 1.54) is 0 Å². The summed E-state index contributed by atoms with van der Waals surface area (Å²) in [5.74, 6) is 1.43. The lowest BCUT2D eigenvalue weighted by Crippen LogP contribution is -2.44. The van der Waals surface area contributed by atoms with Crippen molar-refractivity contribution >= 4 is 17.3 Å². The van der Waals surface area contributed by atoms with Gasteiger partial charge >= 0.3 is 0 Å². The van der Waals surface area contributed by atoms with Gasteiger partial charge in [0.25, 0.3) is 0 Å². The van der Waals surface area contributed by atoms with Crippen LogP contribution in [-0.2, 0) is 6.54 Å². The second-order valence-corrected chi connectivity index (χ2v) is 5.38. The maximum Gasteiger partial charge on any atom is 0.169 e. The van der Waals surface area contributed by atoms with E-state index in [9.17, 15) is 5.11 Å². The van der Waals surface area contributed by atoms with E-state index in [1.54, 1.807) is 14.2 Å². The Morgan fingerprint density at radius 3 is 2.67 bits per heavy atom. The summed E-state index contributed by atoms with van der Waals surface area (Å²) in [5, 5.41) is 14.3. The van der Waals surface area contributed by atoms with Gasteiger partial charge in [0.15, 0.2) is 5.11 Å². The zero-order valence-corrected chi connectivity index (χ0v) is 13.5. The molecule has 2 N–H and O–H groups in total. The average molecular weight is 310 g/mol. The van der Waals surface area contributed by atoms with E-state index in [-0.39, 0.29) is 0 Å². The van der Waals surface area contributed by atoms with E-state index in [0.717, 1.165) is 29.8 Å². The smallest absolute Gasteiger partial charge is 0.169 e. The van der Waals surface area contributed by atoms with Crippen molar-refractivity contribution in [2.45, 2.75) is 26.0 Å². The highest BCUT2D eigenvalue weighted by atomic mass is 32.1. The van der Waals surface area contributed by atoms with Gasteiger partial charge in [0, 0.05) is 24.2 Å². The highest BCUT2D eigenvalue weighted by Gasteiger charge is 2.30. The summed E-state index contributed by atoms with van der Waals surface area (Å²) < 4.78 is 10.8. The zero-order valence-electron chi connectivity index (χ0n) is 12.7. The number of rotatable bonds is 4. The molecule has 1 aliphatic rings. The van der Waals surface area contributed by atoms with E-state index < -0.39 is 6.10 Å². The van der Waals surface area contributed by atoms with Crippen LogP contribution in [0.15, 0.2) is 12.1 Å².